The number of anilines is 1. The van der Waals surface area contributed by atoms with E-state index in [9.17, 15) is 12.8 Å². The molecule has 112 valence electrons. The Kier molecular flexibility index (Phi) is 4.51. The lowest BCUT2D eigenvalue weighted by Crippen LogP contribution is -2.27. The fourth-order valence-electron chi connectivity index (χ4n) is 1.84. The molecule has 0 bridgehead atoms. The second kappa shape index (κ2) is 6.01. The molecule has 2 aromatic rings. The number of nitrogen functional groups attached to an aromatic ring is 1. The van der Waals surface area contributed by atoms with E-state index in [4.69, 9.17) is 17.3 Å². The quantitative estimate of drug-likeness (QED) is 0.878. The number of rotatable bonds is 4. The van der Waals surface area contributed by atoms with Crippen molar-refractivity contribution in [2.24, 2.45) is 0 Å². The van der Waals surface area contributed by atoms with Crippen molar-refractivity contribution in [3.8, 4) is 0 Å². The molecule has 0 aliphatic heterocycles. The van der Waals surface area contributed by atoms with E-state index in [1.165, 1.54) is 13.1 Å². The molecule has 4 nitrogen and oxygen atoms in total. The fourth-order valence-corrected chi connectivity index (χ4v) is 3.28. The molecule has 0 aromatic heterocycles. The summed E-state index contributed by atoms with van der Waals surface area (Å²) in [6.45, 7) is 0.0379. The van der Waals surface area contributed by atoms with Gasteiger partial charge in [0.25, 0.3) is 0 Å². The molecule has 0 spiro atoms. The van der Waals surface area contributed by atoms with Gasteiger partial charge >= 0.3 is 0 Å². The average Bonchev–Trinajstić information content (AvgIpc) is 2.43. The maximum Gasteiger partial charge on any atom is 0.246 e. The first-order valence-corrected chi connectivity index (χ1v) is 7.89. The van der Waals surface area contributed by atoms with Crippen LogP contribution in [0, 0.1) is 5.82 Å². The molecule has 2 aromatic carbocycles. The lowest BCUT2D eigenvalue weighted by molar-refractivity contribution is 0.460. The number of benzene rings is 2. The number of nitrogens with zero attached hydrogens (tertiary/aromatic N) is 1. The SMILES string of the molecule is CN(Cc1ccccc1Cl)S(=O)(=O)c1cc(N)ccc1F. The zero-order chi connectivity index (χ0) is 15.6. The van der Waals surface area contributed by atoms with Crippen LogP contribution in [0.1, 0.15) is 5.56 Å². The molecule has 0 saturated heterocycles. The molecule has 0 aliphatic carbocycles. The third-order valence-electron chi connectivity index (χ3n) is 2.99. The van der Waals surface area contributed by atoms with E-state index in [0.717, 1.165) is 16.4 Å². The molecule has 7 heteroatoms. The summed E-state index contributed by atoms with van der Waals surface area (Å²) in [6.07, 6.45) is 0. The molecule has 0 unspecified atom stereocenters. The molecule has 0 heterocycles. The van der Waals surface area contributed by atoms with Crippen molar-refractivity contribution in [1.82, 2.24) is 4.31 Å². The average molecular weight is 329 g/mol. The van der Waals surface area contributed by atoms with Crippen LogP contribution in [0.5, 0.6) is 0 Å². The molecule has 2 N–H and O–H groups in total. The third-order valence-corrected chi connectivity index (χ3v) is 5.18. The normalized spacial score (nSPS) is 11.8. The van der Waals surface area contributed by atoms with Crippen molar-refractivity contribution in [3.05, 3.63) is 58.9 Å². The van der Waals surface area contributed by atoms with Crippen molar-refractivity contribution in [3.63, 3.8) is 0 Å². The van der Waals surface area contributed by atoms with Crippen LogP contribution in [0.3, 0.4) is 0 Å². The van der Waals surface area contributed by atoms with Gasteiger partial charge in [-0.2, -0.15) is 4.31 Å². The van der Waals surface area contributed by atoms with Crippen LogP contribution in [0.15, 0.2) is 47.4 Å². The Hall–Kier alpha value is -1.63. The number of nitrogens with two attached hydrogens (primary N) is 1. The largest absolute Gasteiger partial charge is 0.399 e. The van der Waals surface area contributed by atoms with E-state index in [0.29, 0.717) is 10.6 Å². The first-order valence-electron chi connectivity index (χ1n) is 6.07. The van der Waals surface area contributed by atoms with Gasteiger partial charge < -0.3 is 5.73 Å². The lowest BCUT2D eigenvalue weighted by Gasteiger charge is -2.18. The second-order valence-corrected chi connectivity index (χ2v) is 6.96. The molecule has 0 aliphatic rings. The minimum atomic E-state index is -3.99. The maximum absolute atomic E-state index is 13.8. The van der Waals surface area contributed by atoms with Crippen molar-refractivity contribution in [2.75, 3.05) is 12.8 Å². The van der Waals surface area contributed by atoms with Gasteiger partial charge in [-0.25, -0.2) is 12.8 Å². The summed E-state index contributed by atoms with van der Waals surface area (Å²) < 4.78 is 39.6. The van der Waals surface area contributed by atoms with Crippen molar-refractivity contribution < 1.29 is 12.8 Å². The molecular weight excluding hydrogens is 315 g/mol. The smallest absolute Gasteiger partial charge is 0.246 e. The summed E-state index contributed by atoms with van der Waals surface area (Å²) in [5, 5.41) is 0.451. The number of hydrogen-bond donors (Lipinski definition) is 1. The van der Waals surface area contributed by atoms with Crippen LogP contribution in [-0.4, -0.2) is 19.8 Å². The zero-order valence-corrected chi connectivity index (χ0v) is 12.8. The van der Waals surface area contributed by atoms with Crippen molar-refractivity contribution >= 4 is 27.3 Å². The molecule has 0 atom stereocenters. The van der Waals surface area contributed by atoms with Crippen LogP contribution >= 0.6 is 11.6 Å². The predicted octanol–water partition coefficient (Wildman–Crippen LogP) is 2.88. The van der Waals surface area contributed by atoms with E-state index in [2.05, 4.69) is 0 Å². The van der Waals surface area contributed by atoms with E-state index in [1.807, 2.05) is 0 Å². The summed E-state index contributed by atoms with van der Waals surface area (Å²) in [5.74, 6) is -0.838. The molecule has 0 amide bonds. The fraction of sp³-hybridized carbons (Fsp3) is 0.143. The van der Waals surface area contributed by atoms with Gasteiger partial charge in [-0.15, -0.1) is 0 Å². The van der Waals surface area contributed by atoms with Gasteiger partial charge in [0.2, 0.25) is 10.0 Å². The van der Waals surface area contributed by atoms with Gasteiger partial charge in [0.1, 0.15) is 10.7 Å². The van der Waals surface area contributed by atoms with Crippen LogP contribution < -0.4 is 5.73 Å². The van der Waals surface area contributed by atoms with Crippen LogP contribution in [0.2, 0.25) is 5.02 Å². The van der Waals surface area contributed by atoms with Gasteiger partial charge in [-0.3, -0.25) is 0 Å². The Morgan fingerprint density at radius 3 is 2.57 bits per heavy atom. The highest BCUT2D eigenvalue weighted by atomic mass is 35.5. The Labute approximate surface area is 128 Å². The first kappa shape index (κ1) is 15.8. The highest BCUT2D eigenvalue weighted by molar-refractivity contribution is 7.89. The summed E-state index contributed by atoms with van der Waals surface area (Å²) in [7, 11) is -2.63. The van der Waals surface area contributed by atoms with E-state index < -0.39 is 20.7 Å². The first-order chi connectivity index (χ1) is 9.82. The molecule has 0 radical (unpaired) electrons. The Morgan fingerprint density at radius 2 is 1.90 bits per heavy atom. The minimum Gasteiger partial charge on any atom is -0.399 e. The van der Waals surface area contributed by atoms with Gasteiger partial charge in [0.05, 0.1) is 0 Å². The second-order valence-electron chi connectivity index (χ2n) is 4.54. The summed E-state index contributed by atoms with van der Waals surface area (Å²) in [4.78, 5) is -0.447. The maximum atomic E-state index is 13.8. The summed E-state index contributed by atoms with van der Waals surface area (Å²) >= 11 is 6.01. The van der Waals surface area contributed by atoms with Crippen molar-refractivity contribution in [1.29, 1.82) is 0 Å². The number of halogens is 2. The minimum absolute atomic E-state index is 0.0379. The van der Waals surface area contributed by atoms with Gasteiger partial charge in [0, 0.05) is 24.3 Å². The Morgan fingerprint density at radius 1 is 1.24 bits per heavy atom. The van der Waals surface area contributed by atoms with Crippen LogP contribution in [-0.2, 0) is 16.6 Å². The molecule has 2 rings (SSSR count). The molecule has 0 fully saturated rings. The van der Waals surface area contributed by atoms with Crippen LogP contribution in [0.4, 0.5) is 10.1 Å². The van der Waals surface area contributed by atoms with E-state index in [-0.39, 0.29) is 12.2 Å². The van der Waals surface area contributed by atoms with E-state index in [1.54, 1.807) is 24.3 Å². The van der Waals surface area contributed by atoms with Gasteiger partial charge in [-0.05, 0) is 29.8 Å². The highest BCUT2D eigenvalue weighted by Gasteiger charge is 2.25. The standard InChI is InChI=1S/C14H14ClFN2O2S/c1-18(9-10-4-2-3-5-12(10)15)21(19,20)14-8-11(17)6-7-13(14)16/h2-8H,9,17H2,1H3. The van der Waals surface area contributed by atoms with Crippen molar-refractivity contribution in [2.45, 2.75) is 11.4 Å². The lowest BCUT2D eigenvalue weighted by atomic mass is 10.2. The third kappa shape index (κ3) is 3.34. The molecular formula is C14H14ClFN2O2S. The predicted molar refractivity (Wildman–Crippen MR) is 80.9 cm³/mol. The monoisotopic (exact) mass is 328 g/mol. The Balaban J connectivity index is 2.35. The topological polar surface area (TPSA) is 63.4 Å². The van der Waals surface area contributed by atoms with Gasteiger partial charge in [-0.1, -0.05) is 29.8 Å². The number of sulfonamides is 1. The Bertz CT molecular complexity index is 765. The van der Waals surface area contributed by atoms with E-state index >= 15 is 0 Å². The molecule has 21 heavy (non-hydrogen) atoms. The molecule has 0 saturated carbocycles. The zero-order valence-electron chi connectivity index (χ0n) is 11.3. The number of hydrogen-bond acceptors (Lipinski definition) is 3. The summed E-state index contributed by atoms with van der Waals surface area (Å²) in [5.41, 5.74) is 6.35. The van der Waals surface area contributed by atoms with Crippen LogP contribution in [0.25, 0.3) is 0 Å². The summed E-state index contributed by atoms with van der Waals surface area (Å²) in [6, 6.07) is 10.3. The van der Waals surface area contributed by atoms with Gasteiger partial charge in [0.15, 0.2) is 0 Å². The highest BCUT2D eigenvalue weighted by Crippen LogP contribution is 2.24.